The van der Waals surface area contributed by atoms with Gasteiger partial charge in [-0.1, -0.05) is 160 Å². The van der Waals surface area contributed by atoms with E-state index in [-0.39, 0.29) is 5.41 Å². The lowest BCUT2D eigenvalue weighted by molar-refractivity contribution is 0.590. The molecular weight excluding hydrogens is 701 g/mol. The highest BCUT2D eigenvalue weighted by molar-refractivity contribution is 6.09. The number of hydrogen-bond acceptors (Lipinski definition) is 1. The maximum absolute atomic E-state index is 2.37. The Balaban J connectivity index is 1.01. The third-order valence-corrected chi connectivity index (χ3v) is 11.6. The van der Waals surface area contributed by atoms with E-state index in [2.05, 4.69) is 243 Å². The summed E-state index contributed by atoms with van der Waals surface area (Å²) in [6.07, 6.45) is 0. The largest absolute Gasteiger partial charge is 0.311 e. The maximum atomic E-state index is 2.37. The molecule has 2 nitrogen and oxygen atoms in total. The summed E-state index contributed by atoms with van der Waals surface area (Å²) in [6, 6.07) is 77.5. The standard InChI is InChI=1S/C56H44N2/c1-56(2,3)47-27-21-40(22-28-47)41-23-29-48(30-24-41)57(50-33-35-51(36-34-50)58-54-15-9-7-13-52(54)53-14-8-10-16-55(53)58)49-31-25-42(26-32-49)44-18-20-45-37-43(17-19-46(45)38-44)39-11-5-4-6-12-39/h4-38H,1-3H3. The van der Waals surface area contributed by atoms with Crippen LogP contribution in [0.25, 0.3) is 71.6 Å². The summed E-state index contributed by atoms with van der Waals surface area (Å²) < 4.78 is 2.37. The van der Waals surface area contributed by atoms with Crippen LogP contribution in [0.4, 0.5) is 17.1 Å². The number of hydrogen-bond donors (Lipinski definition) is 0. The van der Waals surface area contributed by atoms with Gasteiger partial charge in [0.05, 0.1) is 11.0 Å². The van der Waals surface area contributed by atoms with Crippen LogP contribution in [0.2, 0.25) is 0 Å². The first-order valence-electron chi connectivity index (χ1n) is 20.2. The number of nitrogens with zero attached hydrogens (tertiary/aromatic N) is 2. The SMILES string of the molecule is CC(C)(C)c1ccc(-c2ccc(N(c3ccc(-c4ccc5cc(-c6ccccc6)ccc5c4)cc3)c3ccc(-n4c5ccccc5c5ccccc54)cc3)cc2)cc1. The van der Waals surface area contributed by atoms with Gasteiger partial charge >= 0.3 is 0 Å². The van der Waals surface area contributed by atoms with Crippen molar-refractivity contribution in [1.29, 1.82) is 0 Å². The highest BCUT2D eigenvalue weighted by Crippen LogP contribution is 2.39. The van der Waals surface area contributed by atoms with Crippen LogP contribution >= 0.6 is 0 Å². The first-order valence-corrected chi connectivity index (χ1v) is 20.2. The van der Waals surface area contributed by atoms with Crippen LogP contribution in [0.5, 0.6) is 0 Å². The minimum atomic E-state index is 0.121. The molecule has 0 saturated heterocycles. The summed E-state index contributed by atoms with van der Waals surface area (Å²) in [7, 11) is 0. The highest BCUT2D eigenvalue weighted by atomic mass is 15.1. The summed E-state index contributed by atoms with van der Waals surface area (Å²) in [4.78, 5) is 2.36. The maximum Gasteiger partial charge on any atom is 0.0541 e. The van der Waals surface area contributed by atoms with Gasteiger partial charge in [0.25, 0.3) is 0 Å². The number of fused-ring (bicyclic) bond motifs is 4. The smallest absolute Gasteiger partial charge is 0.0541 e. The van der Waals surface area contributed by atoms with Crippen molar-refractivity contribution >= 4 is 49.6 Å². The van der Waals surface area contributed by atoms with Crippen LogP contribution in [0, 0.1) is 0 Å². The Morgan fingerprint density at radius 2 is 0.724 bits per heavy atom. The molecule has 9 aromatic carbocycles. The lowest BCUT2D eigenvalue weighted by atomic mass is 9.86. The van der Waals surface area contributed by atoms with Crippen LogP contribution in [0.3, 0.4) is 0 Å². The molecule has 0 bridgehead atoms. The molecule has 0 atom stereocenters. The van der Waals surface area contributed by atoms with E-state index in [9.17, 15) is 0 Å². The minimum absolute atomic E-state index is 0.121. The van der Waals surface area contributed by atoms with Crippen LogP contribution in [-0.2, 0) is 5.41 Å². The molecule has 10 aromatic rings. The van der Waals surface area contributed by atoms with Crippen molar-refractivity contribution in [2.45, 2.75) is 26.2 Å². The van der Waals surface area contributed by atoms with Gasteiger partial charge in [0.15, 0.2) is 0 Å². The van der Waals surface area contributed by atoms with Gasteiger partial charge in [-0.25, -0.2) is 0 Å². The Bertz CT molecular complexity index is 2990. The van der Waals surface area contributed by atoms with E-state index >= 15 is 0 Å². The molecule has 0 amide bonds. The van der Waals surface area contributed by atoms with Crippen molar-refractivity contribution in [3.8, 4) is 39.1 Å². The van der Waals surface area contributed by atoms with E-state index in [0.717, 1.165) is 22.7 Å². The molecule has 2 heteroatoms. The second-order valence-electron chi connectivity index (χ2n) is 16.3. The highest BCUT2D eigenvalue weighted by Gasteiger charge is 2.17. The summed E-state index contributed by atoms with van der Waals surface area (Å²) in [6.45, 7) is 6.78. The summed E-state index contributed by atoms with van der Waals surface area (Å²) in [5.41, 5.74) is 15.6. The fourth-order valence-corrected chi connectivity index (χ4v) is 8.40. The molecule has 10 rings (SSSR count). The second kappa shape index (κ2) is 14.4. The van der Waals surface area contributed by atoms with Crippen LogP contribution < -0.4 is 4.90 Å². The number of benzene rings is 9. The van der Waals surface area contributed by atoms with Crippen molar-refractivity contribution in [1.82, 2.24) is 4.57 Å². The Morgan fingerprint density at radius 3 is 1.21 bits per heavy atom. The number of rotatable bonds is 7. The monoisotopic (exact) mass is 744 g/mol. The fourth-order valence-electron chi connectivity index (χ4n) is 8.40. The van der Waals surface area contributed by atoms with Crippen LogP contribution in [0.1, 0.15) is 26.3 Å². The average Bonchev–Trinajstić information content (AvgIpc) is 3.61. The molecule has 0 radical (unpaired) electrons. The molecule has 0 aliphatic carbocycles. The Hall–Kier alpha value is -7.16. The summed E-state index contributed by atoms with van der Waals surface area (Å²) in [5.74, 6) is 0. The minimum Gasteiger partial charge on any atom is -0.311 e. The zero-order chi connectivity index (χ0) is 39.2. The Labute approximate surface area is 340 Å². The first-order chi connectivity index (χ1) is 28.4. The molecule has 0 aliphatic rings. The van der Waals surface area contributed by atoms with E-state index in [0.29, 0.717) is 0 Å². The van der Waals surface area contributed by atoms with Crippen molar-refractivity contribution in [2.24, 2.45) is 0 Å². The number of aromatic nitrogens is 1. The van der Waals surface area contributed by atoms with Crippen molar-refractivity contribution < 1.29 is 0 Å². The number of para-hydroxylation sites is 2. The predicted octanol–water partition coefficient (Wildman–Crippen LogP) is 15.7. The topological polar surface area (TPSA) is 8.17 Å². The van der Waals surface area contributed by atoms with Gasteiger partial charge in [-0.2, -0.15) is 0 Å². The van der Waals surface area contributed by atoms with Gasteiger partial charge < -0.3 is 9.47 Å². The van der Waals surface area contributed by atoms with Crippen LogP contribution in [0.15, 0.2) is 212 Å². The van der Waals surface area contributed by atoms with E-state index in [1.807, 2.05) is 0 Å². The summed E-state index contributed by atoms with van der Waals surface area (Å²) >= 11 is 0. The van der Waals surface area contributed by atoms with Gasteiger partial charge in [-0.15, -0.1) is 0 Å². The van der Waals surface area contributed by atoms with E-state index < -0.39 is 0 Å². The Morgan fingerprint density at radius 1 is 0.345 bits per heavy atom. The van der Waals surface area contributed by atoms with Gasteiger partial charge in [-0.05, 0) is 128 Å². The van der Waals surface area contributed by atoms with Gasteiger partial charge in [0, 0.05) is 33.5 Å². The lowest BCUT2D eigenvalue weighted by Gasteiger charge is -2.26. The second-order valence-corrected chi connectivity index (χ2v) is 16.3. The third-order valence-electron chi connectivity index (χ3n) is 11.6. The fraction of sp³-hybridized carbons (Fsp3) is 0.0714. The van der Waals surface area contributed by atoms with Gasteiger partial charge in [-0.3, -0.25) is 0 Å². The summed E-state index contributed by atoms with van der Waals surface area (Å²) in [5, 5.41) is 5.01. The molecular formula is C56H44N2. The molecule has 58 heavy (non-hydrogen) atoms. The van der Waals surface area contributed by atoms with Crippen molar-refractivity contribution in [3.63, 3.8) is 0 Å². The zero-order valence-corrected chi connectivity index (χ0v) is 33.1. The molecule has 0 N–H and O–H groups in total. The van der Waals surface area contributed by atoms with E-state index in [1.165, 1.54) is 71.5 Å². The predicted molar refractivity (Wildman–Crippen MR) is 248 cm³/mol. The van der Waals surface area contributed by atoms with Crippen molar-refractivity contribution in [3.05, 3.63) is 218 Å². The van der Waals surface area contributed by atoms with Gasteiger partial charge in [0.1, 0.15) is 0 Å². The first kappa shape index (κ1) is 35.3. The molecule has 0 fully saturated rings. The molecule has 278 valence electrons. The van der Waals surface area contributed by atoms with Crippen LogP contribution in [-0.4, -0.2) is 4.57 Å². The quantitative estimate of drug-likeness (QED) is 0.158. The molecule has 0 unspecified atom stereocenters. The van der Waals surface area contributed by atoms with E-state index in [4.69, 9.17) is 0 Å². The van der Waals surface area contributed by atoms with Crippen molar-refractivity contribution in [2.75, 3.05) is 4.90 Å². The molecule has 0 aliphatic heterocycles. The third kappa shape index (κ3) is 6.53. The molecule has 0 saturated carbocycles. The zero-order valence-electron chi connectivity index (χ0n) is 33.1. The average molecular weight is 745 g/mol. The normalized spacial score (nSPS) is 11.7. The lowest BCUT2D eigenvalue weighted by Crippen LogP contribution is -2.10. The Kier molecular flexibility index (Phi) is 8.76. The molecule has 1 heterocycles. The molecule has 0 spiro atoms. The van der Waals surface area contributed by atoms with E-state index in [1.54, 1.807) is 0 Å². The van der Waals surface area contributed by atoms with Gasteiger partial charge in [0.2, 0.25) is 0 Å². The number of anilines is 3. The molecule has 1 aromatic heterocycles.